The number of rotatable bonds is 3. The lowest BCUT2D eigenvalue weighted by Gasteiger charge is -2.24. The maximum atomic E-state index is 12.2. The zero-order chi connectivity index (χ0) is 18.1. The third-order valence-corrected chi connectivity index (χ3v) is 4.02. The Morgan fingerprint density at radius 1 is 1.25 bits per heavy atom. The Kier molecular flexibility index (Phi) is 5.06. The van der Waals surface area contributed by atoms with Crippen LogP contribution in [0.25, 0.3) is 0 Å². The average molecular weight is 333 g/mol. The maximum absolute atomic E-state index is 12.2. The Balaban J connectivity index is 1.95. The van der Waals surface area contributed by atoms with E-state index in [1.807, 2.05) is 46.8 Å². The molecule has 0 aliphatic carbocycles. The van der Waals surface area contributed by atoms with Crippen LogP contribution < -0.4 is 20.7 Å². The molecule has 0 aromatic heterocycles. The molecule has 0 bridgehead atoms. The summed E-state index contributed by atoms with van der Waals surface area (Å²) in [5, 5.41) is 8.38. The number of benzene rings is 1. The molecule has 3 N–H and O–H groups in total. The molecule has 6 heteroatoms. The number of aryl methyl sites for hydroxylation is 1. The highest BCUT2D eigenvalue weighted by Crippen LogP contribution is 2.36. The molecule has 0 unspecified atom stereocenters. The Hall–Kier alpha value is -2.24. The molecule has 1 aliphatic heterocycles. The Morgan fingerprint density at radius 2 is 1.92 bits per heavy atom. The van der Waals surface area contributed by atoms with Crippen molar-refractivity contribution in [3.8, 4) is 5.75 Å². The van der Waals surface area contributed by atoms with E-state index in [0.29, 0.717) is 6.61 Å². The van der Waals surface area contributed by atoms with Crippen molar-refractivity contribution in [2.75, 3.05) is 6.61 Å². The highest BCUT2D eigenvalue weighted by Gasteiger charge is 2.28. The van der Waals surface area contributed by atoms with Crippen molar-refractivity contribution in [3.05, 3.63) is 28.8 Å². The summed E-state index contributed by atoms with van der Waals surface area (Å²) in [5.74, 6) is 0.631. The van der Waals surface area contributed by atoms with Crippen molar-refractivity contribution in [2.24, 2.45) is 0 Å². The zero-order valence-electron chi connectivity index (χ0n) is 15.2. The van der Waals surface area contributed by atoms with E-state index >= 15 is 0 Å². The van der Waals surface area contributed by atoms with Crippen molar-refractivity contribution in [1.29, 1.82) is 0 Å². The molecule has 1 aromatic rings. The number of hydrogen-bond acceptors (Lipinski definition) is 3. The van der Waals surface area contributed by atoms with Crippen LogP contribution in [0.3, 0.4) is 0 Å². The molecule has 24 heavy (non-hydrogen) atoms. The third-order valence-electron chi connectivity index (χ3n) is 4.02. The summed E-state index contributed by atoms with van der Waals surface area (Å²) in [7, 11) is 0. The lowest BCUT2D eigenvalue weighted by atomic mass is 10.0. The van der Waals surface area contributed by atoms with Crippen LogP contribution in [0.5, 0.6) is 5.75 Å². The topological polar surface area (TPSA) is 79.5 Å². The Morgan fingerprint density at radius 3 is 2.54 bits per heavy atom. The molecular weight excluding hydrogens is 306 g/mol. The van der Waals surface area contributed by atoms with Gasteiger partial charge in [-0.15, -0.1) is 0 Å². The predicted octanol–water partition coefficient (Wildman–Crippen LogP) is 2.34. The largest absolute Gasteiger partial charge is 0.490 e. The van der Waals surface area contributed by atoms with Gasteiger partial charge in [0.05, 0.1) is 6.04 Å². The third kappa shape index (κ3) is 4.19. The average Bonchev–Trinajstić information content (AvgIpc) is 2.84. The number of fused-ring (bicyclic) bond motifs is 1. The maximum Gasteiger partial charge on any atom is 0.316 e. The highest BCUT2D eigenvalue weighted by molar-refractivity contribution is 5.87. The van der Waals surface area contributed by atoms with Gasteiger partial charge in [-0.2, -0.15) is 0 Å². The molecule has 0 radical (unpaired) electrons. The summed E-state index contributed by atoms with van der Waals surface area (Å²) >= 11 is 0. The molecule has 2 atom stereocenters. The first-order valence-electron chi connectivity index (χ1n) is 8.20. The Labute approximate surface area is 143 Å². The minimum Gasteiger partial charge on any atom is -0.490 e. The fourth-order valence-corrected chi connectivity index (χ4v) is 2.59. The zero-order valence-corrected chi connectivity index (χ0v) is 15.2. The second-order valence-corrected chi connectivity index (χ2v) is 7.37. The lowest BCUT2D eigenvalue weighted by molar-refractivity contribution is -0.123. The number of ether oxygens (including phenoxy) is 1. The molecule has 132 valence electrons. The van der Waals surface area contributed by atoms with E-state index in [4.69, 9.17) is 4.74 Å². The minimum atomic E-state index is -0.620. The van der Waals surface area contributed by atoms with Crippen LogP contribution in [0.1, 0.15) is 50.4 Å². The van der Waals surface area contributed by atoms with Gasteiger partial charge in [0.1, 0.15) is 18.4 Å². The first-order valence-corrected chi connectivity index (χ1v) is 8.20. The van der Waals surface area contributed by atoms with Crippen LogP contribution in [-0.4, -0.2) is 30.1 Å². The summed E-state index contributed by atoms with van der Waals surface area (Å²) in [6, 6.07) is 2.79. The van der Waals surface area contributed by atoms with Gasteiger partial charge in [0.2, 0.25) is 5.91 Å². The van der Waals surface area contributed by atoms with E-state index in [1.54, 1.807) is 6.92 Å². The normalized spacial score (nSPS) is 17.5. The monoisotopic (exact) mass is 333 g/mol. The van der Waals surface area contributed by atoms with Crippen molar-refractivity contribution in [2.45, 2.75) is 59.2 Å². The van der Waals surface area contributed by atoms with Crippen LogP contribution in [0.2, 0.25) is 0 Å². The van der Waals surface area contributed by atoms with Gasteiger partial charge in [0.25, 0.3) is 0 Å². The van der Waals surface area contributed by atoms with Gasteiger partial charge in [-0.1, -0.05) is 12.1 Å². The number of amides is 3. The molecular formula is C18H27N3O3. The smallest absolute Gasteiger partial charge is 0.316 e. The molecule has 0 saturated heterocycles. The van der Waals surface area contributed by atoms with Crippen molar-refractivity contribution < 1.29 is 14.3 Å². The molecule has 3 amide bonds. The lowest BCUT2D eigenvalue weighted by Crippen LogP contribution is -2.53. The quantitative estimate of drug-likeness (QED) is 0.794. The van der Waals surface area contributed by atoms with Gasteiger partial charge in [-0.25, -0.2) is 4.79 Å². The minimum absolute atomic E-state index is 0.211. The van der Waals surface area contributed by atoms with Crippen molar-refractivity contribution >= 4 is 11.9 Å². The summed E-state index contributed by atoms with van der Waals surface area (Å²) in [4.78, 5) is 24.2. The molecule has 0 fully saturated rings. The molecule has 0 spiro atoms. The van der Waals surface area contributed by atoms with E-state index in [-0.39, 0.29) is 23.5 Å². The van der Waals surface area contributed by atoms with Gasteiger partial charge < -0.3 is 20.7 Å². The number of carbonyl (C=O) groups is 2. The standard InChI is InChI=1S/C18H27N3O3/c1-10-7-8-13-14(9-24-15(13)11(10)2)20-17(23)19-12(3)16(22)21-18(4,5)6/h7-8,12,14H,9H2,1-6H3,(H,21,22)(H2,19,20,23)/t12-,14-/m0/s1. The van der Waals surface area contributed by atoms with Crippen LogP contribution in [0.4, 0.5) is 4.79 Å². The summed E-state index contributed by atoms with van der Waals surface area (Å²) in [5.41, 5.74) is 2.89. The van der Waals surface area contributed by atoms with Crippen molar-refractivity contribution in [3.63, 3.8) is 0 Å². The fraction of sp³-hybridized carbons (Fsp3) is 0.556. The fourth-order valence-electron chi connectivity index (χ4n) is 2.59. The first kappa shape index (κ1) is 18.1. The van der Waals surface area contributed by atoms with E-state index in [1.165, 1.54) is 0 Å². The molecule has 2 rings (SSSR count). The molecule has 0 saturated carbocycles. The second kappa shape index (κ2) is 6.71. The van der Waals surface area contributed by atoms with Gasteiger partial charge in [0.15, 0.2) is 0 Å². The SMILES string of the molecule is Cc1ccc2c(c1C)OC[C@@H]2NC(=O)N[C@@H](C)C(=O)NC(C)(C)C. The first-order chi connectivity index (χ1) is 11.1. The van der Waals surface area contributed by atoms with Crippen LogP contribution in [0.15, 0.2) is 12.1 Å². The van der Waals surface area contributed by atoms with Gasteiger partial charge in [0, 0.05) is 11.1 Å². The number of carbonyl (C=O) groups excluding carboxylic acids is 2. The molecule has 6 nitrogen and oxygen atoms in total. The van der Waals surface area contributed by atoms with E-state index < -0.39 is 6.04 Å². The van der Waals surface area contributed by atoms with E-state index in [9.17, 15) is 9.59 Å². The number of urea groups is 1. The highest BCUT2D eigenvalue weighted by atomic mass is 16.5. The van der Waals surface area contributed by atoms with Gasteiger partial charge in [-0.05, 0) is 52.7 Å². The number of nitrogens with one attached hydrogen (secondary N) is 3. The number of hydrogen-bond donors (Lipinski definition) is 3. The van der Waals surface area contributed by atoms with Gasteiger partial charge >= 0.3 is 6.03 Å². The van der Waals surface area contributed by atoms with E-state index in [2.05, 4.69) is 16.0 Å². The van der Waals surface area contributed by atoms with Crippen LogP contribution in [-0.2, 0) is 4.79 Å². The van der Waals surface area contributed by atoms with Crippen LogP contribution in [0, 0.1) is 13.8 Å². The molecule has 1 aliphatic rings. The summed E-state index contributed by atoms with van der Waals surface area (Å²) in [6.45, 7) is 11.8. The van der Waals surface area contributed by atoms with Crippen LogP contribution >= 0.6 is 0 Å². The van der Waals surface area contributed by atoms with Gasteiger partial charge in [-0.3, -0.25) is 4.79 Å². The predicted molar refractivity (Wildman–Crippen MR) is 93.2 cm³/mol. The molecule has 1 aromatic carbocycles. The molecule has 1 heterocycles. The second-order valence-electron chi connectivity index (χ2n) is 7.37. The summed E-state index contributed by atoms with van der Waals surface area (Å²) < 4.78 is 5.72. The summed E-state index contributed by atoms with van der Waals surface area (Å²) in [6.07, 6.45) is 0. The van der Waals surface area contributed by atoms with E-state index in [0.717, 1.165) is 22.4 Å². The van der Waals surface area contributed by atoms with Crippen molar-refractivity contribution in [1.82, 2.24) is 16.0 Å². The Bertz CT molecular complexity index is 650.